The fourth-order valence-corrected chi connectivity index (χ4v) is 3.39. The molecule has 0 saturated carbocycles. The Morgan fingerprint density at radius 2 is 2.08 bits per heavy atom. The second-order valence-corrected chi connectivity index (χ2v) is 6.89. The molecule has 0 saturated heterocycles. The Hall–Kier alpha value is -2.60. The number of rotatable bonds is 3. The van der Waals surface area contributed by atoms with Gasteiger partial charge in [-0.1, -0.05) is 18.2 Å². The third kappa shape index (κ3) is 2.82. The summed E-state index contributed by atoms with van der Waals surface area (Å²) >= 11 is 0. The number of hydrogen-bond acceptors (Lipinski definition) is 3. The van der Waals surface area contributed by atoms with E-state index < -0.39 is 0 Å². The molecule has 25 heavy (non-hydrogen) atoms. The van der Waals surface area contributed by atoms with Gasteiger partial charge in [0, 0.05) is 31.3 Å². The zero-order valence-electron chi connectivity index (χ0n) is 14.9. The van der Waals surface area contributed by atoms with Gasteiger partial charge in [-0.25, -0.2) is 0 Å². The number of aromatic nitrogens is 3. The number of carbonyl (C=O) groups is 1. The maximum atomic E-state index is 12.9. The molecule has 0 fully saturated rings. The molecule has 0 bridgehead atoms. The monoisotopic (exact) mass is 337 g/mol. The van der Waals surface area contributed by atoms with Gasteiger partial charge in [0.2, 0.25) is 0 Å². The molecule has 0 unspecified atom stereocenters. The largest absolute Gasteiger partial charge is 0.357 e. The number of amides is 1. The topological polar surface area (TPSA) is 57.2 Å². The summed E-state index contributed by atoms with van der Waals surface area (Å²) in [7, 11) is 3.92. The number of H-pyrrole nitrogens is 1. The van der Waals surface area contributed by atoms with Crippen LogP contribution in [-0.4, -0.2) is 51.1 Å². The normalized spacial score (nSPS) is 16.0. The molecule has 4 rings (SSSR count). The van der Waals surface area contributed by atoms with E-state index >= 15 is 0 Å². The van der Waals surface area contributed by atoms with E-state index in [1.165, 1.54) is 0 Å². The third-order valence-corrected chi connectivity index (χ3v) is 5.11. The average Bonchev–Trinajstić information content (AvgIpc) is 3.23. The number of carbonyl (C=O) groups excluding carboxylic acids is 1. The van der Waals surface area contributed by atoms with Crippen molar-refractivity contribution in [2.24, 2.45) is 0 Å². The Bertz CT molecular complexity index is 892. The van der Waals surface area contributed by atoms with E-state index in [1.54, 1.807) is 4.90 Å². The highest BCUT2D eigenvalue weighted by atomic mass is 16.2. The molecule has 1 amide bonds. The molecule has 3 heterocycles. The van der Waals surface area contributed by atoms with Crippen LogP contribution in [0.3, 0.4) is 0 Å². The number of hydrogen-bond donors (Lipinski definition) is 1. The Morgan fingerprint density at radius 1 is 1.28 bits per heavy atom. The Balaban J connectivity index is 1.57. The van der Waals surface area contributed by atoms with Crippen LogP contribution in [0.4, 0.5) is 0 Å². The number of para-hydroxylation sites is 1. The highest BCUT2D eigenvalue weighted by Crippen LogP contribution is 2.24. The van der Waals surface area contributed by atoms with Crippen molar-refractivity contribution in [3.8, 4) is 0 Å². The van der Waals surface area contributed by atoms with E-state index in [2.05, 4.69) is 34.2 Å². The number of likely N-dealkylation sites (N-methyl/N-ethyl adjacent to an activating group) is 1. The van der Waals surface area contributed by atoms with Gasteiger partial charge in [-0.2, -0.15) is 5.10 Å². The minimum absolute atomic E-state index is 0.0456. The first-order valence-corrected chi connectivity index (χ1v) is 8.63. The molecule has 3 aromatic rings. The lowest BCUT2D eigenvalue weighted by Crippen LogP contribution is -2.31. The first kappa shape index (κ1) is 15.9. The van der Waals surface area contributed by atoms with Gasteiger partial charge in [0.15, 0.2) is 5.69 Å². The van der Waals surface area contributed by atoms with Crippen molar-refractivity contribution >= 4 is 16.8 Å². The first-order valence-electron chi connectivity index (χ1n) is 8.63. The molecule has 1 atom stereocenters. The van der Waals surface area contributed by atoms with E-state index in [9.17, 15) is 4.79 Å². The summed E-state index contributed by atoms with van der Waals surface area (Å²) in [5.41, 5.74) is 3.74. The lowest BCUT2D eigenvalue weighted by Gasteiger charge is -2.23. The highest BCUT2D eigenvalue weighted by molar-refractivity contribution is 5.92. The van der Waals surface area contributed by atoms with Crippen LogP contribution in [0.25, 0.3) is 10.9 Å². The minimum atomic E-state index is -0.0544. The quantitative estimate of drug-likeness (QED) is 0.799. The van der Waals surface area contributed by atoms with Gasteiger partial charge in [-0.15, -0.1) is 0 Å². The predicted molar refractivity (Wildman–Crippen MR) is 97.4 cm³/mol. The Kier molecular flexibility index (Phi) is 3.84. The van der Waals surface area contributed by atoms with Crippen molar-refractivity contribution in [2.45, 2.75) is 26.1 Å². The maximum absolute atomic E-state index is 12.9. The zero-order valence-corrected chi connectivity index (χ0v) is 14.9. The molecule has 130 valence electrons. The highest BCUT2D eigenvalue weighted by Gasteiger charge is 2.25. The predicted octanol–water partition coefficient (Wildman–Crippen LogP) is 2.64. The van der Waals surface area contributed by atoms with Crippen molar-refractivity contribution in [1.29, 1.82) is 0 Å². The van der Waals surface area contributed by atoms with Gasteiger partial charge in [0.1, 0.15) is 0 Å². The molecular weight excluding hydrogens is 314 g/mol. The summed E-state index contributed by atoms with van der Waals surface area (Å²) in [6.07, 6.45) is 0. The van der Waals surface area contributed by atoms with Crippen LogP contribution in [-0.2, 0) is 13.1 Å². The SMILES string of the molecule is C[C@@H](c1cc2ccccc2[nH]1)N(C)C(=O)c1cc2n(n1)CCN(C)C2. The summed E-state index contributed by atoms with van der Waals surface area (Å²) in [5, 5.41) is 5.67. The fraction of sp³-hybridized carbons (Fsp3) is 0.368. The number of benzene rings is 1. The van der Waals surface area contributed by atoms with Crippen LogP contribution < -0.4 is 0 Å². The van der Waals surface area contributed by atoms with Gasteiger partial charge in [-0.3, -0.25) is 14.4 Å². The summed E-state index contributed by atoms with van der Waals surface area (Å²) < 4.78 is 1.95. The van der Waals surface area contributed by atoms with Crippen LogP contribution in [0.5, 0.6) is 0 Å². The van der Waals surface area contributed by atoms with Crippen molar-refractivity contribution < 1.29 is 4.79 Å². The lowest BCUT2D eigenvalue weighted by atomic mass is 10.2. The number of aromatic amines is 1. The molecule has 1 aromatic carbocycles. The average molecular weight is 337 g/mol. The van der Waals surface area contributed by atoms with Gasteiger partial charge < -0.3 is 9.88 Å². The standard InChI is InChI=1S/C19H23N5O/c1-13(17-10-14-6-4-5-7-16(14)20-17)23(3)19(25)18-11-15-12-22(2)8-9-24(15)21-18/h4-7,10-11,13,20H,8-9,12H2,1-3H3/t13-/m0/s1. The summed E-state index contributed by atoms with van der Waals surface area (Å²) in [4.78, 5) is 20.3. The molecule has 0 aliphatic carbocycles. The Morgan fingerprint density at radius 3 is 2.88 bits per heavy atom. The van der Waals surface area contributed by atoms with Crippen molar-refractivity contribution in [1.82, 2.24) is 24.6 Å². The maximum Gasteiger partial charge on any atom is 0.274 e. The van der Waals surface area contributed by atoms with Gasteiger partial charge in [-0.05, 0) is 37.6 Å². The van der Waals surface area contributed by atoms with Crippen LogP contribution in [0, 0.1) is 0 Å². The molecule has 2 aromatic heterocycles. The summed E-state index contributed by atoms with van der Waals surface area (Å²) in [5.74, 6) is -0.0456. The van der Waals surface area contributed by atoms with Crippen LogP contribution in [0.1, 0.15) is 34.8 Å². The molecule has 6 nitrogen and oxygen atoms in total. The fourth-order valence-electron chi connectivity index (χ4n) is 3.39. The second-order valence-electron chi connectivity index (χ2n) is 6.89. The van der Waals surface area contributed by atoms with E-state index in [4.69, 9.17) is 0 Å². The summed E-state index contributed by atoms with van der Waals surface area (Å²) in [6.45, 7) is 4.66. The van der Waals surface area contributed by atoms with Crippen molar-refractivity contribution in [3.05, 3.63) is 53.5 Å². The third-order valence-electron chi connectivity index (χ3n) is 5.11. The number of fused-ring (bicyclic) bond motifs is 2. The molecule has 6 heteroatoms. The minimum Gasteiger partial charge on any atom is -0.357 e. The molecule has 1 aliphatic rings. The van der Waals surface area contributed by atoms with Gasteiger partial charge in [0.05, 0.1) is 18.3 Å². The second kappa shape index (κ2) is 6.04. The van der Waals surface area contributed by atoms with Gasteiger partial charge >= 0.3 is 0 Å². The zero-order chi connectivity index (χ0) is 17.6. The molecule has 0 radical (unpaired) electrons. The van der Waals surface area contributed by atoms with E-state index in [1.807, 2.05) is 42.9 Å². The van der Waals surface area contributed by atoms with Crippen molar-refractivity contribution in [3.63, 3.8) is 0 Å². The first-order chi connectivity index (χ1) is 12.0. The molecular formula is C19H23N5O. The number of nitrogens with zero attached hydrogens (tertiary/aromatic N) is 4. The van der Waals surface area contributed by atoms with Crippen LogP contribution in [0.2, 0.25) is 0 Å². The summed E-state index contributed by atoms with van der Waals surface area (Å²) in [6, 6.07) is 12.1. The van der Waals surface area contributed by atoms with E-state index in [-0.39, 0.29) is 11.9 Å². The lowest BCUT2D eigenvalue weighted by molar-refractivity contribution is 0.0733. The van der Waals surface area contributed by atoms with Crippen molar-refractivity contribution in [2.75, 3.05) is 20.6 Å². The molecule has 1 N–H and O–H groups in total. The van der Waals surface area contributed by atoms with E-state index in [0.717, 1.165) is 41.9 Å². The molecule has 1 aliphatic heterocycles. The van der Waals surface area contributed by atoms with E-state index in [0.29, 0.717) is 5.69 Å². The number of nitrogens with one attached hydrogen (secondary N) is 1. The molecule has 0 spiro atoms. The Labute approximate surface area is 147 Å². The van der Waals surface area contributed by atoms with Crippen LogP contribution >= 0.6 is 0 Å². The van der Waals surface area contributed by atoms with Gasteiger partial charge in [0.25, 0.3) is 5.91 Å². The smallest absolute Gasteiger partial charge is 0.274 e. The van der Waals surface area contributed by atoms with Crippen LogP contribution in [0.15, 0.2) is 36.4 Å².